The maximum absolute atomic E-state index is 10.6. The molecule has 2 rings (SSSR count). The lowest BCUT2D eigenvalue weighted by atomic mass is 10.3. The fourth-order valence-corrected chi connectivity index (χ4v) is 1.06. The summed E-state index contributed by atoms with van der Waals surface area (Å²) in [5.41, 5.74) is 0. The molecule has 1 aromatic rings. The molecule has 1 saturated heterocycles. The first-order valence-electron chi connectivity index (χ1n) is 4.78. The molecule has 1 fully saturated rings. The van der Waals surface area contributed by atoms with Gasteiger partial charge in [-0.15, -0.1) is 10.2 Å². The molecule has 2 heterocycles. The Morgan fingerprint density at radius 1 is 1.56 bits per heavy atom. The van der Waals surface area contributed by atoms with Gasteiger partial charge in [0.15, 0.2) is 0 Å². The number of hydrogen-bond donors (Lipinski definition) is 2. The number of nitrogens with one attached hydrogen (secondary N) is 1. The van der Waals surface area contributed by atoms with E-state index < -0.39 is 12.1 Å². The van der Waals surface area contributed by atoms with E-state index in [1.165, 1.54) is 6.39 Å². The molecule has 7 nitrogen and oxygen atoms in total. The van der Waals surface area contributed by atoms with Crippen molar-refractivity contribution in [1.82, 2.24) is 15.5 Å². The number of rotatable bonds is 1. The van der Waals surface area contributed by atoms with E-state index in [1.54, 1.807) is 0 Å². The molecule has 0 spiro atoms. The molecule has 1 aliphatic heterocycles. The van der Waals surface area contributed by atoms with Gasteiger partial charge in [-0.05, 0) is 0 Å². The number of alkyl halides is 3. The van der Waals surface area contributed by atoms with Crippen molar-refractivity contribution in [3.63, 3.8) is 0 Å². The van der Waals surface area contributed by atoms with Gasteiger partial charge in [-0.1, -0.05) is 0 Å². The van der Waals surface area contributed by atoms with Crippen LogP contribution in [0.5, 0.6) is 0 Å². The van der Waals surface area contributed by atoms with Crippen LogP contribution in [-0.4, -0.2) is 47.2 Å². The van der Waals surface area contributed by atoms with Gasteiger partial charge in [0.25, 0.3) is 0 Å². The Bertz CT molecular complexity index is 362. The molecule has 0 aromatic carbocycles. The van der Waals surface area contributed by atoms with Gasteiger partial charge >= 0.3 is 12.1 Å². The van der Waals surface area contributed by atoms with Crippen LogP contribution in [-0.2, 0) is 9.53 Å². The molecule has 10 heteroatoms. The molecule has 0 amide bonds. The summed E-state index contributed by atoms with van der Waals surface area (Å²) < 4.78 is 42.0. The summed E-state index contributed by atoms with van der Waals surface area (Å²) in [7, 11) is 0. The van der Waals surface area contributed by atoms with Crippen LogP contribution in [0.25, 0.3) is 0 Å². The Hall–Kier alpha value is -1.68. The summed E-state index contributed by atoms with van der Waals surface area (Å²) >= 11 is 0. The Kier molecular flexibility index (Phi) is 5.04. The summed E-state index contributed by atoms with van der Waals surface area (Å²) in [6.45, 7) is 2.21. The van der Waals surface area contributed by atoms with Gasteiger partial charge in [0, 0.05) is 6.54 Å². The van der Waals surface area contributed by atoms with Crippen LogP contribution >= 0.6 is 0 Å². The van der Waals surface area contributed by atoms with Crippen LogP contribution in [0.1, 0.15) is 11.9 Å². The molecule has 102 valence electrons. The van der Waals surface area contributed by atoms with E-state index in [-0.39, 0.29) is 6.04 Å². The first-order chi connectivity index (χ1) is 8.41. The third-order valence-corrected chi connectivity index (χ3v) is 1.84. The molecule has 0 aliphatic carbocycles. The van der Waals surface area contributed by atoms with Gasteiger partial charge in [0.1, 0.15) is 6.04 Å². The Morgan fingerprint density at radius 2 is 2.22 bits per heavy atom. The second-order valence-electron chi connectivity index (χ2n) is 3.16. The highest BCUT2D eigenvalue weighted by atomic mass is 19.4. The van der Waals surface area contributed by atoms with Gasteiger partial charge in [-0.25, -0.2) is 4.79 Å². The molecular weight excluding hydrogens is 259 g/mol. The number of aliphatic carboxylic acids is 1. The monoisotopic (exact) mass is 269 g/mol. The van der Waals surface area contributed by atoms with Crippen molar-refractivity contribution < 1.29 is 32.2 Å². The summed E-state index contributed by atoms with van der Waals surface area (Å²) in [6, 6.07) is 0.0752. The van der Waals surface area contributed by atoms with Gasteiger partial charge in [0.05, 0.1) is 13.2 Å². The molecule has 1 unspecified atom stereocenters. The minimum Gasteiger partial charge on any atom is -0.475 e. The molecule has 1 atom stereocenters. The summed E-state index contributed by atoms with van der Waals surface area (Å²) in [4.78, 5) is 8.90. The van der Waals surface area contributed by atoms with Crippen LogP contribution in [0.15, 0.2) is 10.8 Å². The van der Waals surface area contributed by atoms with Gasteiger partial charge in [-0.3, -0.25) is 0 Å². The number of carboxylic acid groups (broad SMARTS) is 1. The Labute approximate surface area is 98.9 Å². The van der Waals surface area contributed by atoms with Gasteiger partial charge in [-0.2, -0.15) is 13.2 Å². The number of carboxylic acids is 1. The SMILES string of the molecule is O=C(O)C(F)(F)F.c1nnc(C2COCCN2)o1. The lowest BCUT2D eigenvalue weighted by molar-refractivity contribution is -0.192. The largest absolute Gasteiger partial charge is 0.490 e. The van der Waals surface area contributed by atoms with Crippen LogP contribution in [0.2, 0.25) is 0 Å². The maximum Gasteiger partial charge on any atom is 0.490 e. The summed E-state index contributed by atoms with van der Waals surface area (Å²) in [5.74, 6) is -2.16. The predicted octanol–water partition coefficient (Wildman–Crippen LogP) is 0.364. The second-order valence-corrected chi connectivity index (χ2v) is 3.16. The number of halogens is 3. The van der Waals surface area contributed by atoms with Gasteiger partial charge < -0.3 is 19.6 Å². The highest BCUT2D eigenvalue weighted by Crippen LogP contribution is 2.13. The van der Waals surface area contributed by atoms with Crippen molar-refractivity contribution in [3.8, 4) is 0 Å². The third-order valence-electron chi connectivity index (χ3n) is 1.84. The molecule has 0 bridgehead atoms. The molecular formula is C8H10F3N3O4. The van der Waals surface area contributed by atoms with E-state index in [1.807, 2.05) is 0 Å². The quantitative estimate of drug-likeness (QED) is 0.759. The van der Waals surface area contributed by atoms with Crippen LogP contribution in [0.3, 0.4) is 0 Å². The molecule has 0 saturated carbocycles. The first-order valence-corrected chi connectivity index (χ1v) is 4.78. The van der Waals surface area contributed by atoms with Gasteiger partial charge in [0.2, 0.25) is 12.3 Å². The van der Waals surface area contributed by atoms with E-state index in [2.05, 4.69) is 15.5 Å². The number of carbonyl (C=O) groups is 1. The van der Waals surface area contributed by atoms with E-state index in [0.29, 0.717) is 12.5 Å². The van der Waals surface area contributed by atoms with Crippen molar-refractivity contribution in [3.05, 3.63) is 12.3 Å². The zero-order valence-electron chi connectivity index (χ0n) is 8.98. The highest BCUT2D eigenvalue weighted by Gasteiger charge is 2.38. The van der Waals surface area contributed by atoms with Crippen molar-refractivity contribution >= 4 is 5.97 Å². The van der Waals surface area contributed by atoms with E-state index in [0.717, 1.165) is 13.2 Å². The Morgan fingerprint density at radius 3 is 2.61 bits per heavy atom. The number of nitrogens with zero attached hydrogens (tertiary/aromatic N) is 2. The lowest BCUT2D eigenvalue weighted by Gasteiger charge is -2.20. The standard InChI is InChI=1S/C6H9N3O2.C2HF3O2/c1-2-10-3-5(7-1)6-9-8-4-11-6;3-2(4,5)1(6)7/h4-5,7H,1-3H2;(H,6,7). The normalized spacial score (nSPS) is 19.8. The molecule has 18 heavy (non-hydrogen) atoms. The van der Waals surface area contributed by atoms with Crippen molar-refractivity contribution in [2.45, 2.75) is 12.2 Å². The molecule has 0 radical (unpaired) electrons. The molecule has 1 aliphatic rings. The fraction of sp³-hybridized carbons (Fsp3) is 0.625. The van der Waals surface area contributed by atoms with Crippen molar-refractivity contribution in [2.24, 2.45) is 0 Å². The smallest absolute Gasteiger partial charge is 0.475 e. The van der Waals surface area contributed by atoms with E-state index >= 15 is 0 Å². The third kappa shape index (κ3) is 4.67. The summed E-state index contributed by atoms with van der Waals surface area (Å²) in [5, 5.41) is 17.7. The number of morpholine rings is 1. The zero-order valence-corrected chi connectivity index (χ0v) is 8.98. The minimum atomic E-state index is -5.08. The van der Waals surface area contributed by atoms with Crippen LogP contribution < -0.4 is 5.32 Å². The van der Waals surface area contributed by atoms with E-state index in [4.69, 9.17) is 19.1 Å². The second kappa shape index (κ2) is 6.31. The average Bonchev–Trinajstić information content (AvgIpc) is 2.83. The zero-order chi connectivity index (χ0) is 13.6. The van der Waals surface area contributed by atoms with Crippen LogP contribution in [0.4, 0.5) is 13.2 Å². The first kappa shape index (κ1) is 14.4. The predicted molar refractivity (Wildman–Crippen MR) is 49.6 cm³/mol. The summed E-state index contributed by atoms with van der Waals surface area (Å²) in [6.07, 6.45) is -3.76. The lowest BCUT2D eigenvalue weighted by Crippen LogP contribution is -2.34. The highest BCUT2D eigenvalue weighted by molar-refractivity contribution is 5.73. The number of ether oxygens (including phenoxy) is 1. The number of aromatic nitrogens is 2. The molecule has 1 aromatic heterocycles. The topological polar surface area (TPSA) is 97.5 Å². The van der Waals surface area contributed by atoms with Crippen molar-refractivity contribution in [1.29, 1.82) is 0 Å². The fourth-order valence-electron chi connectivity index (χ4n) is 1.06. The van der Waals surface area contributed by atoms with Crippen molar-refractivity contribution in [2.75, 3.05) is 19.8 Å². The number of hydrogen-bond acceptors (Lipinski definition) is 6. The van der Waals surface area contributed by atoms with E-state index in [9.17, 15) is 13.2 Å². The maximum atomic E-state index is 10.6. The minimum absolute atomic E-state index is 0.0752. The Balaban J connectivity index is 0.000000203. The van der Waals surface area contributed by atoms with Crippen LogP contribution in [0, 0.1) is 0 Å². The molecule has 2 N–H and O–H groups in total. The average molecular weight is 269 g/mol.